The maximum absolute atomic E-state index is 5.78. The number of para-hydroxylation sites is 1. The van der Waals surface area contributed by atoms with E-state index < -0.39 is 0 Å². The van der Waals surface area contributed by atoms with Gasteiger partial charge in [0.25, 0.3) is 0 Å². The number of thioether (sulfide) groups is 1. The second-order valence-corrected chi connectivity index (χ2v) is 4.47. The van der Waals surface area contributed by atoms with Gasteiger partial charge in [-0.1, -0.05) is 23.7 Å². The number of halogens is 1. The second-order valence-electron chi connectivity index (χ2n) is 3.19. The van der Waals surface area contributed by atoms with Crippen LogP contribution in [0.4, 0.5) is 11.5 Å². The first-order chi connectivity index (χ1) is 7.79. The van der Waals surface area contributed by atoms with Crippen LogP contribution in [0, 0.1) is 0 Å². The van der Waals surface area contributed by atoms with Crippen LogP contribution in [-0.2, 0) is 0 Å². The number of nitrogens with zero attached hydrogens (tertiary/aromatic N) is 1. The molecule has 0 unspecified atom stereocenters. The lowest BCUT2D eigenvalue weighted by molar-refractivity contribution is 1.29. The summed E-state index contributed by atoms with van der Waals surface area (Å²) in [6, 6.07) is 11.8. The Balaban J connectivity index is 2.23. The fourth-order valence-corrected chi connectivity index (χ4v) is 2.00. The maximum atomic E-state index is 5.78. The highest BCUT2D eigenvalue weighted by Crippen LogP contribution is 2.27. The summed E-state index contributed by atoms with van der Waals surface area (Å²) in [4.78, 5) is 5.39. The van der Waals surface area contributed by atoms with Crippen molar-refractivity contribution in [1.29, 1.82) is 0 Å². The van der Waals surface area contributed by atoms with Crippen molar-refractivity contribution in [3.8, 4) is 0 Å². The van der Waals surface area contributed by atoms with Crippen molar-refractivity contribution in [2.24, 2.45) is 0 Å². The monoisotopic (exact) mass is 250 g/mol. The highest BCUT2D eigenvalue weighted by Gasteiger charge is 2.01. The molecule has 1 heterocycles. The van der Waals surface area contributed by atoms with Crippen LogP contribution in [0.15, 0.2) is 47.5 Å². The molecule has 2 nitrogen and oxygen atoms in total. The Morgan fingerprint density at radius 1 is 1.19 bits per heavy atom. The van der Waals surface area contributed by atoms with Gasteiger partial charge in [-0.3, -0.25) is 0 Å². The lowest BCUT2D eigenvalue weighted by Crippen LogP contribution is -1.94. The minimum absolute atomic E-state index is 0.642. The normalized spacial score (nSPS) is 10.1. The van der Waals surface area contributed by atoms with E-state index in [1.54, 1.807) is 18.0 Å². The molecule has 1 aromatic carbocycles. The average Bonchev–Trinajstić information content (AvgIpc) is 2.33. The zero-order valence-electron chi connectivity index (χ0n) is 8.77. The first-order valence-electron chi connectivity index (χ1n) is 4.81. The highest BCUT2D eigenvalue weighted by molar-refractivity contribution is 7.98. The van der Waals surface area contributed by atoms with Gasteiger partial charge < -0.3 is 5.32 Å². The van der Waals surface area contributed by atoms with E-state index in [1.807, 2.05) is 30.3 Å². The van der Waals surface area contributed by atoms with Crippen molar-refractivity contribution in [1.82, 2.24) is 4.98 Å². The Morgan fingerprint density at radius 2 is 2.00 bits per heavy atom. The van der Waals surface area contributed by atoms with Crippen LogP contribution in [0.2, 0.25) is 5.02 Å². The molecular formula is C12H11ClN2S. The molecule has 1 N–H and O–H groups in total. The summed E-state index contributed by atoms with van der Waals surface area (Å²) in [5.74, 6) is 0.797. The van der Waals surface area contributed by atoms with Gasteiger partial charge in [-0.05, 0) is 30.5 Å². The first kappa shape index (κ1) is 11.3. The van der Waals surface area contributed by atoms with Gasteiger partial charge in [0.2, 0.25) is 0 Å². The molecule has 0 aliphatic rings. The molecule has 0 radical (unpaired) electrons. The Hall–Kier alpha value is -1.19. The molecule has 0 bridgehead atoms. The van der Waals surface area contributed by atoms with Gasteiger partial charge in [0.05, 0.1) is 10.7 Å². The predicted octanol–water partition coefficient (Wildman–Crippen LogP) is 4.20. The molecule has 0 aliphatic heterocycles. The molecule has 2 aromatic rings. The van der Waals surface area contributed by atoms with E-state index in [-0.39, 0.29) is 0 Å². The summed E-state index contributed by atoms with van der Waals surface area (Å²) < 4.78 is 0. The highest BCUT2D eigenvalue weighted by atomic mass is 35.5. The standard InChI is InChI=1S/C12H11ClN2S/c1-16-11-5-3-2-4-10(11)15-12-7-6-9(13)8-14-12/h2-8H,1H3,(H,14,15). The van der Waals surface area contributed by atoms with Gasteiger partial charge in [0.1, 0.15) is 5.82 Å². The van der Waals surface area contributed by atoms with E-state index in [0.717, 1.165) is 11.5 Å². The van der Waals surface area contributed by atoms with Crippen molar-refractivity contribution in [2.75, 3.05) is 11.6 Å². The molecule has 0 amide bonds. The van der Waals surface area contributed by atoms with Crippen molar-refractivity contribution < 1.29 is 0 Å². The van der Waals surface area contributed by atoms with Crippen LogP contribution in [-0.4, -0.2) is 11.2 Å². The average molecular weight is 251 g/mol. The zero-order chi connectivity index (χ0) is 11.4. The summed E-state index contributed by atoms with van der Waals surface area (Å²) in [5, 5.41) is 3.90. The molecule has 0 saturated heterocycles. The predicted molar refractivity (Wildman–Crippen MR) is 70.8 cm³/mol. The first-order valence-corrected chi connectivity index (χ1v) is 6.41. The smallest absolute Gasteiger partial charge is 0.130 e. The van der Waals surface area contributed by atoms with Crippen LogP contribution in [0.5, 0.6) is 0 Å². The second kappa shape index (κ2) is 5.23. The number of hydrogen-bond donors (Lipinski definition) is 1. The Labute approximate surface area is 104 Å². The number of rotatable bonds is 3. The summed E-state index contributed by atoms with van der Waals surface area (Å²) in [6.07, 6.45) is 3.68. The van der Waals surface area contributed by atoms with Crippen LogP contribution in [0.25, 0.3) is 0 Å². The molecule has 0 spiro atoms. The molecule has 16 heavy (non-hydrogen) atoms. The van der Waals surface area contributed by atoms with Gasteiger partial charge in [0, 0.05) is 11.1 Å². The fourth-order valence-electron chi connectivity index (χ4n) is 1.34. The third kappa shape index (κ3) is 2.68. The number of anilines is 2. The van der Waals surface area contributed by atoms with Crippen molar-refractivity contribution in [3.05, 3.63) is 47.6 Å². The molecule has 0 saturated carbocycles. The largest absolute Gasteiger partial charge is 0.339 e. The minimum Gasteiger partial charge on any atom is -0.339 e. The summed E-state index contributed by atoms with van der Waals surface area (Å²) in [6.45, 7) is 0. The minimum atomic E-state index is 0.642. The Morgan fingerprint density at radius 3 is 2.69 bits per heavy atom. The fraction of sp³-hybridized carbons (Fsp3) is 0.0833. The molecule has 0 aliphatic carbocycles. The van der Waals surface area contributed by atoms with E-state index in [9.17, 15) is 0 Å². The van der Waals surface area contributed by atoms with E-state index >= 15 is 0 Å². The number of aromatic nitrogens is 1. The molecule has 4 heteroatoms. The molecule has 2 rings (SSSR count). The number of benzene rings is 1. The molecule has 0 atom stereocenters. The number of pyridine rings is 1. The number of nitrogens with one attached hydrogen (secondary N) is 1. The van der Waals surface area contributed by atoms with E-state index in [1.165, 1.54) is 4.90 Å². The third-order valence-corrected chi connectivity index (χ3v) is 3.12. The van der Waals surface area contributed by atoms with Crippen molar-refractivity contribution >= 4 is 34.9 Å². The quantitative estimate of drug-likeness (QED) is 0.827. The Bertz CT molecular complexity index is 471. The maximum Gasteiger partial charge on any atom is 0.130 e. The van der Waals surface area contributed by atoms with Gasteiger partial charge >= 0.3 is 0 Å². The van der Waals surface area contributed by atoms with Crippen LogP contribution in [0.1, 0.15) is 0 Å². The summed E-state index contributed by atoms with van der Waals surface area (Å²) >= 11 is 7.48. The topological polar surface area (TPSA) is 24.9 Å². The lowest BCUT2D eigenvalue weighted by Gasteiger charge is -2.09. The van der Waals surface area contributed by atoms with Gasteiger partial charge in [-0.25, -0.2) is 4.98 Å². The van der Waals surface area contributed by atoms with E-state index in [4.69, 9.17) is 11.6 Å². The summed E-state index contributed by atoms with van der Waals surface area (Å²) in [5.41, 5.74) is 1.06. The third-order valence-electron chi connectivity index (χ3n) is 2.10. The summed E-state index contributed by atoms with van der Waals surface area (Å²) in [7, 11) is 0. The van der Waals surface area contributed by atoms with Gasteiger partial charge in [0.15, 0.2) is 0 Å². The Kier molecular flexibility index (Phi) is 3.70. The van der Waals surface area contributed by atoms with E-state index in [2.05, 4.69) is 22.6 Å². The SMILES string of the molecule is CSc1ccccc1Nc1ccc(Cl)cn1. The molecule has 0 fully saturated rings. The molecular weight excluding hydrogens is 240 g/mol. The number of hydrogen-bond acceptors (Lipinski definition) is 3. The van der Waals surface area contributed by atoms with Crippen LogP contribution >= 0.6 is 23.4 Å². The molecule has 82 valence electrons. The lowest BCUT2D eigenvalue weighted by atomic mass is 10.3. The zero-order valence-corrected chi connectivity index (χ0v) is 10.3. The van der Waals surface area contributed by atoms with Crippen molar-refractivity contribution in [2.45, 2.75) is 4.90 Å². The van der Waals surface area contributed by atoms with E-state index in [0.29, 0.717) is 5.02 Å². The van der Waals surface area contributed by atoms with Gasteiger partial charge in [-0.15, -0.1) is 11.8 Å². The van der Waals surface area contributed by atoms with Crippen molar-refractivity contribution in [3.63, 3.8) is 0 Å². The van der Waals surface area contributed by atoms with Gasteiger partial charge in [-0.2, -0.15) is 0 Å². The van der Waals surface area contributed by atoms with Crippen LogP contribution in [0.3, 0.4) is 0 Å². The van der Waals surface area contributed by atoms with Crippen LogP contribution < -0.4 is 5.32 Å². The molecule has 1 aromatic heterocycles.